The van der Waals surface area contributed by atoms with Crippen molar-refractivity contribution in [2.75, 3.05) is 4.90 Å². The highest BCUT2D eigenvalue weighted by molar-refractivity contribution is 6.16. The minimum Gasteiger partial charge on any atom is -0.313 e. The largest absolute Gasteiger partial charge is 0.313 e. The molecule has 9 rings (SSSR count). The van der Waals surface area contributed by atoms with Gasteiger partial charge in [-0.2, -0.15) is 0 Å². The van der Waals surface area contributed by atoms with Crippen LogP contribution in [0, 0.1) is 6.92 Å². The van der Waals surface area contributed by atoms with Gasteiger partial charge in [-0.25, -0.2) is 0 Å². The molecule has 0 amide bonds. The molecule has 2 nitrogen and oxygen atoms in total. The second-order valence-electron chi connectivity index (χ2n) is 13.8. The second kappa shape index (κ2) is 14.3. The molecule has 0 N–H and O–H groups in total. The Balaban J connectivity index is 1.23. The van der Waals surface area contributed by atoms with E-state index in [1.165, 1.54) is 66.0 Å². The van der Waals surface area contributed by atoms with E-state index in [1.54, 1.807) is 0 Å². The van der Waals surface area contributed by atoms with Crippen molar-refractivity contribution < 1.29 is 0 Å². The van der Waals surface area contributed by atoms with Crippen molar-refractivity contribution in [1.29, 1.82) is 0 Å². The van der Waals surface area contributed by atoms with Gasteiger partial charge in [0.15, 0.2) is 0 Å². The van der Waals surface area contributed by atoms with E-state index >= 15 is 0 Å². The molecule has 0 saturated heterocycles. The van der Waals surface area contributed by atoms with Gasteiger partial charge in [0.1, 0.15) is 0 Å². The summed E-state index contributed by atoms with van der Waals surface area (Å²) in [5, 5.41) is 6.21. The van der Waals surface area contributed by atoms with Crippen LogP contribution < -0.4 is 4.90 Å². The van der Waals surface area contributed by atoms with E-state index < -0.39 is 0 Å². The van der Waals surface area contributed by atoms with Crippen molar-refractivity contribution in [2.24, 2.45) is 0 Å². The smallest absolute Gasteiger partial charge is 0.0622 e. The van der Waals surface area contributed by atoms with Crippen molar-refractivity contribution in [1.82, 2.24) is 4.57 Å². The van der Waals surface area contributed by atoms with Crippen LogP contribution in [-0.4, -0.2) is 4.57 Å². The lowest BCUT2D eigenvalue weighted by atomic mass is 9.93. The molecule has 8 aromatic carbocycles. The molecule has 0 aliphatic carbocycles. The van der Waals surface area contributed by atoms with Crippen LogP contribution in [0.2, 0.25) is 0 Å². The lowest BCUT2D eigenvalue weighted by molar-refractivity contribution is 1.05. The number of aromatic nitrogens is 1. The Kier molecular flexibility index (Phi) is 8.70. The molecule has 1 aromatic heterocycles. The fourth-order valence-corrected chi connectivity index (χ4v) is 7.91. The summed E-state index contributed by atoms with van der Waals surface area (Å²) in [6, 6.07) is 65.8. The number of para-hydroxylation sites is 2. The van der Waals surface area contributed by atoms with Crippen LogP contribution in [0.4, 0.5) is 17.1 Å². The van der Waals surface area contributed by atoms with E-state index in [4.69, 9.17) is 0 Å². The van der Waals surface area contributed by atoms with Gasteiger partial charge in [0.25, 0.3) is 0 Å². The predicted molar refractivity (Wildman–Crippen MR) is 232 cm³/mol. The average Bonchev–Trinajstić information content (AvgIpc) is 3.53. The predicted octanol–water partition coefficient (Wildman–Crippen LogP) is 14.6. The summed E-state index contributed by atoms with van der Waals surface area (Å²) in [6.45, 7) is 4.31. The first kappa shape index (κ1) is 33.0. The molecule has 0 spiro atoms. The number of nitrogens with zero attached hydrogens (tertiary/aromatic N) is 2. The van der Waals surface area contributed by atoms with Gasteiger partial charge in [0.05, 0.1) is 5.52 Å². The molecule has 1 heterocycles. The lowest BCUT2D eigenvalue weighted by Gasteiger charge is -2.26. The zero-order chi connectivity index (χ0) is 36.4. The van der Waals surface area contributed by atoms with Crippen molar-refractivity contribution in [3.63, 3.8) is 0 Å². The number of hydrogen-bond donors (Lipinski definition) is 0. The number of hydrogen-bond acceptors (Lipinski definition) is 1. The SMILES string of the molecule is C/C=C\C=C/c1c(C)n(-c2ccccc2)c2c1c(-c1cccc(N(c3ccccc3)c3ccc(-c4ccc5ccccc5c4)cc3)c1)cc1ccccc12. The standard InChI is InChI=1S/C52H40N2/c1-3-4-7-26-48-37(2)53(44-21-8-5-9-22-44)52-49-27-15-14-19-43(49)36-50(51(48)52)42-20-16-25-47(35-42)54(45-23-10-6-11-24-45)46-32-30-39(31-33-46)41-29-28-38-17-12-13-18-40(38)34-41/h3-36H,1-2H3/b4-3-,26-7-. The van der Waals surface area contributed by atoms with Crippen LogP contribution in [0.3, 0.4) is 0 Å². The summed E-state index contributed by atoms with van der Waals surface area (Å²) in [4.78, 5) is 2.36. The minimum atomic E-state index is 1.10. The Hall–Kier alpha value is -6.90. The number of rotatable bonds is 8. The van der Waals surface area contributed by atoms with Gasteiger partial charge < -0.3 is 9.47 Å². The Morgan fingerprint density at radius 2 is 1.13 bits per heavy atom. The maximum atomic E-state index is 2.44. The third kappa shape index (κ3) is 5.98. The molecule has 2 heteroatoms. The molecular formula is C52H40N2. The first-order valence-electron chi connectivity index (χ1n) is 18.6. The molecule has 0 aliphatic rings. The zero-order valence-electron chi connectivity index (χ0n) is 30.5. The Morgan fingerprint density at radius 3 is 1.91 bits per heavy atom. The molecule has 0 atom stereocenters. The monoisotopic (exact) mass is 692 g/mol. The molecule has 258 valence electrons. The fraction of sp³-hybridized carbons (Fsp3) is 0.0385. The molecule has 54 heavy (non-hydrogen) atoms. The van der Waals surface area contributed by atoms with Gasteiger partial charge >= 0.3 is 0 Å². The number of fused-ring (bicyclic) bond motifs is 4. The molecule has 0 aliphatic heterocycles. The van der Waals surface area contributed by atoms with Gasteiger partial charge in [-0.05, 0) is 113 Å². The van der Waals surface area contributed by atoms with E-state index in [9.17, 15) is 0 Å². The topological polar surface area (TPSA) is 8.17 Å². The van der Waals surface area contributed by atoms with Crippen molar-refractivity contribution >= 4 is 55.6 Å². The summed E-state index contributed by atoms with van der Waals surface area (Å²) in [7, 11) is 0. The zero-order valence-corrected chi connectivity index (χ0v) is 30.5. The molecule has 0 radical (unpaired) electrons. The highest BCUT2D eigenvalue weighted by Gasteiger charge is 2.22. The normalized spacial score (nSPS) is 11.7. The summed E-state index contributed by atoms with van der Waals surface area (Å²) in [5.74, 6) is 0. The number of allylic oxidation sites excluding steroid dienone is 3. The third-order valence-corrected chi connectivity index (χ3v) is 10.5. The van der Waals surface area contributed by atoms with Gasteiger partial charge in [-0.15, -0.1) is 0 Å². The lowest BCUT2D eigenvalue weighted by Crippen LogP contribution is -2.09. The van der Waals surface area contributed by atoms with E-state index in [0.29, 0.717) is 0 Å². The van der Waals surface area contributed by atoms with Crippen LogP contribution in [0.5, 0.6) is 0 Å². The first-order valence-corrected chi connectivity index (χ1v) is 18.6. The van der Waals surface area contributed by atoms with Crippen LogP contribution in [0.15, 0.2) is 200 Å². The number of anilines is 3. The average molecular weight is 693 g/mol. The first-order chi connectivity index (χ1) is 26.7. The Bertz CT molecular complexity index is 2820. The van der Waals surface area contributed by atoms with Crippen molar-refractivity contribution in [2.45, 2.75) is 13.8 Å². The van der Waals surface area contributed by atoms with Crippen molar-refractivity contribution in [3.8, 4) is 27.9 Å². The van der Waals surface area contributed by atoms with Crippen molar-refractivity contribution in [3.05, 3.63) is 211 Å². The molecule has 0 unspecified atom stereocenters. The van der Waals surface area contributed by atoms with Crippen LogP contribution in [0.1, 0.15) is 18.2 Å². The van der Waals surface area contributed by atoms with Gasteiger partial charge in [-0.1, -0.05) is 146 Å². The van der Waals surface area contributed by atoms with Gasteiger partial charge in [-0.3, -0.25) is 0 Å². The summed E-state index contributed by atoms with van der Waals surface area (Å²) in [6.07, 6.45) is 8.61. The highest BCUT2D eigenvalue weighted by Crippen LogP contribution is 2.44. The van der Waals surface area contributed by atoms with E-state index in [1.807, 2.05) is 0 Å². The van der Waals surface area contributed by atoms with E-state index in [-0.39, 0.29) is 0 Å². The highest BCUT2D eigenvalue weighted by atomic mass is 15.1. The molecule has 0 bridgehead atoms. The van der Waals surface area contributed by atoms with Gasteiger partial charge in [0.2, 0.25) is 0 Å². The number of benzene rings is 8. The maximum Gasteiger partial charge on any atom is 0.0622 e. The third-order valence-electron chi connectivity index (χ3n) is 10.5. The Morgan fingerprint density at radius 1 is 0.481 bits per heavy atom. The van der Waals surface area contributed by atoms with E-state index in [0.717, 1.165) is 22.7 Å². The summed E-state index contributed by atoms with van der Waals surface area (Å²) in [5.41, 5.74) is 12.9. The minimum absolute atomic E-state index is 1.10. The molecular weight excluding hydrogens is 653 g/mol. The van der Waals surface area contributed by atoms with Crippen LogP contribution >= 0.6 is 0 Å². The molecule has 0 saturated carbocycles. The quantitative estimate of drug-likeness (QED) is 0.144. The van der Waals surface area contributed by atoms with E-state index in [2.05, 4.69) is 230 Å². The molecule has 0 fully saturated rings. The second-order valence-corrected chi connectivity index (χ2v) is 13.8. The van der Waals surface area contributed by atoms with Gasteiger partial charge in [0, 0.05) is 44.8 Å². The Labute approximate surface area is 317 Å². The fourth-order valence-electron chi connectivity index (χ4n) is 7.91. The summed E-state index contributed by atoms with van der Waals surface area (Å²) >= 11 is 0. The van der Waals surface area contributed by atoms with Crippen LogP contribution in [0.25, 0.3) is 66.5 Å². The maximum absolute atomic E-state index is 2.44. The van der Waals surface area contributed by atoms with Crippen LogP contribution in [-0.2, 0) is 0 Å². The summed E-state index contributed by atoms with van der Waals surface area (Å²) < 4.78 is 2.44. The molecule has 9 aromatic rings.